The van der Waals surface area contributed by atoms with Crippen molar-refractivity contribution in [3.05, 3.63) is 35.3 Å². The lowest BCUT2D eigenvalue weighted by atomic mass is 10.2. The fourth-order valence-electron chi connectivity index (χ4n) is 1.62. The number of benzene rings is 1. The van der Waals surface area contributed by atoms with Crippen LogP contribution in [0.5, 0.6) is 5.75 Å². The number of amides is 1. The number of halogens is 4. The maximum Gasteiger partial charge on any atom is 0.277 e. The molecule has 0 aliphatic rings. The SMILES string of the molecule is COc1ccc(-c2nc(C(=O)NCC(F)(F)CN)cs2)cc1.Cl.Cl. The first-order chi connectivity index (χ1) is 10.4. The van der Waals surface area contributed by atoms with Gasteiger partial charge in [0.1, 0.15) is 16.5 Å². The number of aromatic nitrogens is 1. The topological polar surface area (TPSA) is 77.2 Å². The number of hydrogen-bond acceptors (Lipinski definition) is 5. The van der Waals surface area contributed by atoms with Gasteiger partial charge in [0.2, 0.25) is 0 Å². The summed E-state index contributed by atoms with van der Waals surface area (Å²) in [6, 6.07) is 7.17. The van der Waals surface area contributed by atoms with E-state index in [1.54, 1.807) is 19.2 Å². The molecule has 134 valence electrons. The average Bonchev–Trinajstić information content (AvgIpc) is 3.03. The maximum atomic E-state index is 13.0. The van der Waals surface area contributed by atoms with Crippen LogP contribution in [0.1, 0.15) is 10.5 Å². The van der Waals surface area contributed by atoms with Gasteiger partial charge in [-0.25, -0.2) is 13.8 Å². The molecule has 1 heterocycles. The lowest BCUT2D eigenvalue weighted by molar-refractivity contribution is 0.0118. The lowest BCUT2D eigenvalue weighted by Gasteiger charge is -2.13. The quantitative estimate of drug-likeness (QED) is 0.782. The Hall–Kier alpha value is -1.48. The van der Waals surface area contributed by atoms with Gasteiger partial charge in [-0.2, -0.15) is 0 Å². The van der Waals surface area contributed by atoms with Crippen LogP contribution in [0.15, 0.2) is 29.6 Å². The van der Waals surface area contributed by atoms with Crippen molar-refractivity contribution < 1.29 is 18.3 Å². The zero-order valence-corrected chi connectivity index (χ0v) is 15.1. The molecule has 1 aromatic heterocycles. The molecule has 0 aliphatic carbocycles. The molecule has 0 fully saturated rings. The smallest absolute Gasteiger partial charge is 0.277 e. The van der Waals surface area contributed by atoms with Gasteiger partial charge in [-0.1, -0.05) is 0 Å². The van der Waals surface area contributed by atoms with E-state index in [0.29, 0.717) is 10.8 Å². The molecule has 0 saturated carbocycles. The van der Waals surface area contributed by atoms with E-state index in [9.17, 15) is 13.6 Å². The van der Waals surface area contributed by atoms with Crippen LogP contribution in [-0.4, -0.2) is 37.0 Å². The van der Waals surface area contributed by atoms with Crippen molar-refractivity contribution in [3.8, 4) is 16.3 Å². The first-order valence-electron chi connectivity index (χ1n) is 6.41. The van der Waals surface area contributed by atoms with Crippen molar-refractivity contribution in [2.45, 2.75) is 5.92 Å². The maximum absolute atomic E-state index is 13.0. The second-order valence-corrected chi connectivity index (χ2v) is 5.37. The van der Waals surface area contributed by atoms with Crippen LogP contribution in [0.3, 0.4) is 0 Å². The molecular weight excluding hydrogens is 383 g/mol. The molecule has 5 nitrogen and oxygen atoms in total. The number of nitrogens with one attached hydrogen (secondary N) is 1. The molecule has 0 saturated heterocycles. The minimum atomic E-state index is -3.12. The van der Waals surface area contributed by atoms with Gasteiger partial charge < -0.3 is 15.8 Å². The van der Waals surface area contributed by atoms with Gasteiger partial charge in [0.15, 0.2) is 0 Å². The zero-order chi connectivity index (χ0) is 16.2. The van der Waals surface area contributed by atoms with Crippen molar-refractivity contribution in [2.75, 3.05) is 20.2 Å². The van der Waals surface area contributed by atoms with Gasteiger partial charge in [-0.3, -0.25) is 4.79 Å². The van der Waals surface area contributed by atoms with Gasteiger partial charge >= 0.3 is 0 Å². The van der Waals surface area contributed by atoms with Crippen LogP contribution in [0.25, 0.3) is 10.6 Å². The summed E-state index contributed by atoms with van der Waals surface area (Å²) in [5, 5.41) is 4.28. The third-order valence-electron chi connectivity index (χ3n) is 2.88. The first kappa shape index (κ1) is 22.5. The van der Waals surface area contributed by atoms with Gasteiger partial charge in [0.25, 0.3) is 11.8 Å². The Balaban J connectivity index is 0.00000264. The number of nitrogens with zero attached hydrogens (tertiary/aromatic N) is 1. The minimum absolute atomic E-state index is 0. The largest absolute Gasteiger partial charge is 0.497 e. The predicted molar refractivity (Wildman–Crippen MR) is 94.9 cm³/mol. The highest BCUT2D eigenvalue weighted by atomic mass is 35.5. The second-order valence-electron chi connectivity index (χ2n) is 4.51. The Kier molecular flexibility index (Phi) is 9.13. The molecule has 0 unspecified atom stereocenters. The second kappa shape index (κ2) is 9.73. The summed E-state index contributed by atoms with van der Waals surface area (Å²) in [4.78, 5) is 15.9. The van der Waals surface area contributed by atoms with Gasteiger partial charge in [-0.15, -0.1) is 36.2 Å². The minimum Gasteiger partial charge on any atom is -0.497 e. The summed E-state index contributed by atoms with van der Waals surface area (Å²) in [5.74, 6) is -3.06. The van der Waals surface area contributed by atoms with E-state index in [1.165, 1.54) is 16.7 Å². The molecule has 0 bridgehead atoms. The lowest BCUT2D eigenvalue weighted by Crippen LogP contribution is -2.41. The molecule has 2 aromatic rings. The molecule has 0 aliphatic heterocycles. The first-order valence-corrected chi connectivity index (χ1v) is 7.29. The molecule has 0 spiro atoms. The number of rotatable bonds is 6. The highest BCUT2D eigenvalue weighted by Gasteiger charge is 2.27. The zero-order valence-electron chi connectivity index (χ0n) is 12.6. The molecule has 24 heavy (non-hydrogen) atoms. The van der Waals surface area contributed by atoms with Crippen LogP contribution in [-0.2, 0) is 0 Å². The van der Waals surface area contributed by atoms with Crippen LogP contribution in [0.4, 0.5) is 8.78 Å². The van der Waals surface area contributed by atoms with Crippen molar-refractivity contribution >= 4 is 42.1 Å². The summed E-state index contributed by atoms with van der Waals surface area (Å²) in [5.41, 5.74) is 5.83. The fourth-order valence-corrected chi connectivity index (χ4v) is 2.42. The molecule has 0 radical (unpaired) electrons. The highest BCUT2D eigenvalue weighted by Crippen LogP contribution is 2.25. The van der Waals surface area contributed by atoms with E-state index in [1.807, 2.05) is 12.1 Å². The van der Waals surface area contributed by atoms with Crippen molar-refractivity contribution in [1.82, 2.24) is 10.3 Å². The van der Waals surface area contributed by atoms with Crippen molar-refractivity contribution in [3.63, 3.8) is 0 Å². The standard InChI is InChI=1S/C14H15F2N3O2S.2ClH/c1-21-10-4-2-9(3-5-10)13-19-11(6-22-13)12(20)18-8-14(15,16)7-17;;/h2-6H,7-8,17H2,1H3,(H,18,20);2*1H. The number of nitrogens with two attached hydrogens (primary N) is 1. The number of thiazole rings is 1. The summed E-state index contributed by atoms with van der Waals surface area (Å²) in [7, 11) is 1.57. The Bertz CT molecular complexity index is 654. The fraction of sp³-hybridized carbons (Fsp3) is 0.286. The van der Waals surface area contributed by atoms with Crippen LogP contribution in [0, 0.1) is 0 Å². The van der Waals surface area contributed by atoms with E-state index in [2.05, 4.69) is 10.3 Å². The number of methoxy groups -OCH3 is 1. The summed E-state index contributed by atoms with van der Waals surface area (Å²) in [6.45, 7) is -1.63. The number of hydrogen-bond donors (Lipinski definition) is 2. The van der Waals surface area contributed by atoms with Gasteiger partial charge in [0, 0.05) is 10.9 Å². The number of carbonyl (C=O) groups excluding carboxylic acids is 1. The molecule has 1 aromatic carbocycles. The third-order valence-corrected chi connectivity index (χ3v) is 3.77. The van der Waals surface area contributed by atoms with E-state index < -0.39 is 24.9 Å². The third kappa shape index (κ3) is 5.86. The van der Waals surface area contributed by atoms with Crippen molar-refractivity contribution in [1.29, 1.82) is 0 Å². The molecule has 2 rings (SSSR count). The monoisotopic (exact) mass is 399 g/mol. The Morgan fingerprint density at radius 1 is 1.33 bits per heavy atom. The van der Waals surface area contributed by atoms with Crippen molar-refractivity contribution in [2.24, 2.45) is 5.73 Å². The summed E-state index contributed by atoms with van der Waals surface area (Å²) >= 11 is 1.26. The normalized spacial score (nSPS) is 10.3. The Labute approximate surface area is 154 Å². The molecular formula is C14H17Cl2F2N3O2S. The van der Waals surface area contributed by atoms with E-state index >= 15 is 0 Å². The molecule has 1 amide bonds. The highest BCUT2D eigenvalue weighted by molar-refractivity contribution is 7.13. The van der Waals surface area contributed by atoms with E-state index in [4.69, 9.17) is 10.5 Å². The number of carbonyl (C=O) groups is 1. The van der Waals surface area contributed by atoms with E-state index in [0.717, 1.165) is 5.56 Å². The Morgan fingerprint density at radius 2 is 1.96 bits per heavy atom. The Morgan fingerprint density at radius 3 is 2.50 bits per heavy atom. The number of ether oxygens (including phenoxy) is 1. The van der Waals surface area contributed by atoms with Gasteiger partial charge in [0.05, 0.1) is 20.2 Å². The predicted octanol–water partition coefficient (Wildman–Crippen LogP) is 2.99. The van der Waals surface area contributed by atoms with E-state index in [-0.39, 0.29) is 30.5 Å². The molecule has 0 atom stereocenters. The van der Waals surface area contributed by atoms with Crippen LogP contribution in [0.2, 0.25) is 0 Å². The van der Waals surface area contributed by atoms with Crippen LogP contribution >= 0.6 is 36.2 Å². The molecule has 10 heteroatoms. The summed E-state index contributed by atoms with van der Waals surface area (Å²) < 4.78 is 31.1. The molecule has 3 N–H and O–H groups in total. The van der Waals surface area contributed by atoms with Crippen LogP contribution < -0.4 is 15.8 Å². The number of alkyl halides is 2. The summed E-state index contributed by atoms with van der Waals surface area (Å²) in [6.07, 6.45) is 0. The average molecular weight is 400 g/mol. The van der Waals surface area contributed by atoms with Gasteiger partial charge in [-0.05, 0) is 24.3 Å².